The molecule has 2 rings (SSSR count). The van der Waals surface area contributed by atoms with Gasteiger partial charge in [0, 0.05) is 24.8 Å². The second kappa shape index (κ2) is 4.91. The van der Waals surface area contributed by atoms with Crippen molar-refractivity contribution in [3.63, 3.8) is 0 Å². The first-order valence-corrected chi connectivity index (χ1v) is 6.25. The van der Waals surface area contributed by atoms with E-state index in [1.807, 2.05) is 6.07 Å². The number of pyridine rings is 1. The Labute approximate surface area is 102 Å². The standard InChI is InChI=1S/C12H18ClN3/c1-2-9-4-3-5-16(8-9)12-7-10(14)6-11(13)15-12/h6-7,9H,2-5,8H2,1H3,(H2,14,15). The molecule has 2 N–H and O–H groups in total. The van der Waals surface area contributed by atoms with Crippen molar-refractivity contribution in [2.24, 2.45) is 5.92 Å². The number of nitrogens with zero attached hydrogens (tertiary/aromatic N) is 2. The lowest BCUT2D eigenvalue weighted by atomic mass is 9.96. The van der Waals surface area contributed by atoms with E-state index in [-0.39, 0.29) is 0 Å². The summed E-state index contributed by atoms with van der Waals surface area (Å²) in [6.07, 6.45) is 3.78. The molecule has 0 saturated carbocycles. The summed E-state index contributed by atoms with van der Waals surface area (Å²) < 4.78 is 0. The molecule has 16 heavy (non-hydrogen) atoms. The van der Waals surface area contributed by atoms with E-state index in [2.05, 4.69) is 16.8 Å². The van der Waals surface area contributed by atoms with Crippen LogP contribution in [0.4, 0.5) is 11.5 Å². The smallest absolute Gasteiger partial charge is 0.133 e. The van der Waals surface area contributed by atoms with Crippen molar-refractivity contribution in [2.75, 3.05) is 23.7 Å². The summed E-state index contributed by atoms with van der Waals surface area (Å²) in [7, 11) is 0. The summed E-state index contributed by atoms with van der Waals surface area (Å²) in [4.78, 5) is 6.63. The normalized spacial score (nSPS) is 21.1. The highest BCUT2D eigenvalue weighted by atomic mass is 35.5. The number of rotatable bonds is 2. The molecule has 1 aliphatic heterocycles. The van der Waals surface area contributed by atoms with Gasteiger partial charge in [0.2, 0.25) is 0 Å². The number of nitrogen functional groups attached to an aromatic ring is 1. The second-order valence-electron chi connectivity index (χ2n) is 4.44. The van der Waals surface area contributed by atoms with Crippen molar-refractivity contribution in [2.45, 2.75) is 26.2 Å². The zero-order chi connectivity index (χ0) is 11.5. The third-order valence-electron chi connectivity index (χ3n) is 3.22. The number of hydrogen-bond acceptors (Lipinski definition) is 3. The molecule has 0 aliphatic carbocycles. The Morgan fingerprint density at radius 1 is 1.56 bits per heavy atom. The molecule has 3 nitrogen and oxygen atoms in total. The van der Waals surface area contributed by atoms with E-state index in [1.165, 1.54) is 19.3 Å². The van der Waals surface area contributed by atoms with Crippen molar-refractivity contribution in [1.29, 1.82) is 0 Å². The highest BCUT2D eigenvalue weighted by Gasteiger charge is 2.19. The van der Waals surface area contributed by atoms with Gasteiger partial charge in [-0.15, -0.1) is 0 Å². The van der Waals surface area contributed by atoms with Crippen molar-refractivity contribution >= 4 is 23.1 Å². The van der Waals surface area contributed by atoms with Crippen LogP contribution < -0.4 is 10.6 Å². The number of anilines is 2. The maximum atomic E-state index is 5.92. The molecule has 0 bridgehead atoms. The van der Waals surface area contributed by atoms with Gasteiger partial charge in [-0.3, -0.25) is 0 Å². The van der Waals surface area contributed by atoms with Crippen LogP contribution in [-0.2, 0) is 0 Å². The Hall–Kier alpha value is -0.960. The molecular formula is C12H18ClN3. The van der Waals surface area contributed by atoms with Gasteiger partial charge in [0.15, 0.2) is 0 Å². The molecule has 88 valence electrons. The van der Waals surface area contributed by atoms with Crippen LogP contribution in [0.2, 0.25) is 5.15 Å². The maximum Gasteiger partial charge on any atom is 0.133 e. The lowest BCUT2D eigenvalue weighted by Crippen LogP contribution is -2.35. The molecule has 0 aromatic carbocycles. The SMILES string of the molecule is CCC1CCCN(c2cc(N)cc(Cl)n2)C1. The van der Waals surface area contributed by atoms with Gasteiger partial charge in [0.1, 0.15) is 11.0 Å². The van der Waals surface area contributed by atoms with Crippen LogP contribution in [0.5, 0.6) is 0 Å². The monoisotopic (exact) mass is 239 g/mol. The molecule has 0 spiro atoms. The molecule has 0 amide bonds. The Balaban J connectivity index is 2.16. The molecule has 1 unspecified atom stereocenters. The Kier molecular flexibility index (Phi) is 3.54. The summed E-state index contributed by atoms with van der Waals surface area (Å²) >= 11 is 5.92. The average molecular weight is 240 g/mol. The van der Waals surface area contributed by atoms with E-state index in [0.717, 1.165) is 24.8 Å². The third kappa shape index (κ3) is 2.59. The van der Waals surface area contributed by atoms with Crippen LogP contribution in [0.15, 0.2) is 12.1 Å². The van der Waals surface area contributed by atoms with E-state index in [0.29, 0.717) is 10.8 Å². The topological polar surface area (TPSA) is 42.1 Å². The van der Waals surface area contributed by atoms with Gasteiger partial charge < -0.3 is 10.6 Å². The van der Waals surface area contributed by atoms with Gasteiger partial charge in [0.25, 0.3) is 0 Å². The summed E-state index contributed by atoms with van der Waals surface area (Å²) in [5, 5.41) is 0.480. The lowest BCUT2D eigenvalue weighted by Gasteiger charge is -2.33. The van der Waals surface area contributed by atoms with Gasteiger partial charge in [-0.25, -0.2) is 4.98 Å². The fourth-order valence-corrected chi connectivity index (χ4v) is 2.48. The van der Waals surface area contributed by atoms with Gasteiger partial charge in [0.05, 0.1) is 0 Å². The highest BCUT2D eigenvalue weighted by Crippen LogP contribution is 2.26. The molecule has 1 saturated heterocycles. The molecule has 4 heteroatoms. The van der Waals surface area contributed by atoms with Gasteiger partial charge in [-0.1, -0.05) is 24.9 Å². The predicted octanol–water partition coefficient (Wildman–Crippen LogP) is 2.94. The van der Waals surface area contributed by atoms with Crippen molar-refractivity contribution in [1.82, 2.24) is 4.98 Å². The first-order valence-electron chi connectivity index (χ1n) is 5.87. The molecule has 1 aromatic heterocycles. The second-order valence-corrected chi connectivity index (χ2v) is 4.83. The average Bonchev–Trinajstić information content (AvgIpc) is 2.28. The maximum absolute atomic E-state index is 5.92. The Bertz CT molecular complexity index is 347. The van der Waals surface area contributed by atoms with E-state index in [1.54, 1.807) is 6.07 Å². The van der Waals surface area contributed by atoms with Crippen LogP contribution >= 0.6 is 11.6 Å². The number of piperidine rings is 1. The zero-order valence-electron chi connectivity index (χ0n) is 9.62. The number of halogens is 1. The van der Waals surface area contributed by atoms with E-state index >= 15 is 0 Å². The van der Waals surface area contributed by atoms with Crippen LogP contribution in [0, 0.1) is 5.92 Å². The number of nitrogens with two attached hydrogens (primary N) is 1. The minimum Gasteiger partial charge on any atom is -0.399 e. The number of hydrogen-bond donors (Lipinski definition) is 1. The molecule has 1 aliphatic rings. The summed E-state index contributed by atoms with van der Waals surface area (Å²) in [5.41, 5.74) is 6.47. The Morgan fingerprint density at radius 3 is 3.06 bits per heavy atom. The molecule has 0 radical (unpaired) electrons. The highest BCUT2D eigenvalue weighted by molar-refractivity contribution is 6.29. The molecule has 1 aromatic rings. The van der Waals surface area contributed by atoms with Crippen LogP contribution in [-0.4, -0.2) is 18.1 Å². The predicted molar refractivity (Wildman–Crippen MR) is 68.9 cm³/mol. The fourth-order valence-electron chi connectivity index (χ4n) is 2.27. The first-order chi connectivity index (χ1) is 7.69. The van der Waals surface area contributed by atoms with Gasteiger partial charge >= 0.3 is 0 Å². The van der Waals surface area contributed by atoms with Gasteiger partial charge in [-0.05, 0) is 24.8 Å². The fraction of sp³-hybridized carbons (Fsp3) is 0.583. The summed E-state index contributed by atoms with van der Waals surface area (Å²) in [6, 6.07) is 3.59. The molecule has 1 atom stereocenters. The number of aromatic nitrogens is 1. The minimum atomic E-state index is 0.480. The largest absolute Gasteiger partial charge is 0.399 e. The van der Waals surface area contributed by atoms with Crippen LogP contribution in [0.25, 0.3) is 0 Å². The van der Waals surface area contributed by atoms with E-state index in [4.69, 9.17) is 17.3 Å². The van der Waals surface area contributed by atoms with Crippen molar-refractivity contribution < 1.29 is 0 Å². The van der Waals surface area contributed by atoms with Crippen LogP contribution in [0.1, 0.15) is 26.2 Å². The lowest BCUT2D eigenvalue weighted by molar-refractivity contribution is 0.403. The summed E-state index contributed by atoms with van der Waals surface area (Å²) in [6.45, 7) is 4.38. The van der Waals surface area contributed by atoms with Gasteiger partial charge in [-0.2, -0.15) is 0 Å². The van der Waals surface area contributed by atoms with E-state index in [9.17, 15) is 0 Å². The molecular weight excluding hydrogens is 222 g/mol. The first kappa shape index (κ1) is 11.5. The zero-order valence-corrected chi connectivity index (χ0v) is 10.4. The third-order valence-corrected chi connectivity index (χ3v) is 3.42. The van der Waals surface area contributed by atoms with Crippen LogP contribution in [0.3, 0.4) is 0 Å². The summed E-state index contributed by atoms with van der Waals surface area (Å²) in [5.74, 6) is 1.69. The Morgan fingerprint density at radius 2 is 2.38 bits per heavy atom. The molecule has 2 heterocycles. The van der Waals surface area contributed by atoms with Crippen molar-refractivity contribution in [3.05, 3.63) is 17.3 Å². The van der Waals surface area contributed by atoms with Crippen molar-refractivity contribution in [3.8, 4) is 0 Å². The minimum absolute atomic E-state index is 0.480. The van der Waals surface area contributed by atoms with E-state index < -0.39 is 0 Å². The quantitative estimate of drug-likeness (QED) is 0.807. The molecule has 1 fully saturated rings.